The van der Waals surface area contributed by atoms with E-state index in [1.807, 2.05) is 12.1 Å². The van der Waals surface area contributed by atoms with Crippen LogP contribution in [0.15, 0.2) is 64.2 Å². The molecule has 0 aromatic heterocycles. The third kappa shape index (κ3) is 4.75. The fraction of sp³-hybridized carbons (Fsp3) is 0.394. The maximum Gasteiger partial charge on any atom is 0.268 e. The van der Waals surface area contributed by atoms with Crippen LogP contribution in [0.25, 0.3) is 11.1 Å². The van der Waals surface area contributed by atoms with Gasteiger partial charge in [-0.3, -0.25) is 19.3 Å². The van der Waals surface area contributed by atoms with Crippen molar-refractivity contribution in [1.82, 2.24) is 10.2 Å². The van der Waals surface area contributed by atoms with E-state index in [1.165, 1.54) is 26.3 Å². The van der Waals surface area contributed by atoms with Crippen LogP contribution in [-0.4, -0.2) is 88.0 Å². The molecule has 2 amide bonds. The Morgan fingerprint density at radius 3 is 2.40 bits per heavy atom. The van der Waals surface area contributed by atoms with E-state index in [2.05, 4.69) is 15.8 Å². The van der Waals surface area contributed by atoms with Crippen LogP contribution in [0.2, 0.25) is 0 Å². The van der Waals surface area contributed by atoms with Crippen LogP contribution in [0.5, 0.6) is 5.75 Å². The van der Waals surface area contributed by atoms with E-state index in [4.69, 9.17) is 4.84 Å². The van der Waals surface area contributed by atoms with Crippen LogP contribution in [0.3, 0.4) is 0 Å². The molecule has 0 spiro atoms. The van der Waals surface area contributed by atoms with Crippen molar-refractivity contribution in [3.05, 3.63) is 70.2 Å². The lowest BCUT2D eigenvalue weighted by Crippen LogP contribution is -2.59. The summed E-state index contributed by atoms with van der Waals surface area (Å²) in [6.07, 6.45) is 1.88. The number of aliphatic hydroxyl groups excluding tert-OH is 2. The second-order valence-electron chi connectivity index (χ2n) is 12.5. The number of carbonyl (C=O) groups is 3. The summed E-state index contributed by atoms with van der Waals surface area (Å²) < 4.78 is 0. The molecule has 0 bridgehead atoms. The van der Waals surface area contributed by atoms with E-state index in [-0.39, 0.29) is 39.9 Å². The van der Waals surface area contributed by atoms with Gasteiger partial charge in [-0.05, 0) is 80.6 Å². The first kappa shape index (κ1) is 30.4. The van der Waals surface area contributed by atoms with Crippen LogP contribution in [0.1, 0.15) is 35.7 Å². The Morgan fingerprint density at radius 2 is 1.78 bits per heavy atom. The van der Waals surface area contributed by atoms with E-state index >= 15 is 0 Å². The molecule has 1 heterocycles. The average molecular weight is 617 g/mol. The number of aromatic hydroxyl groups is 1. The highest BCUT2D eigenvalue weighted by Crippen LogP contribution is 2.55. The smallest absolute Gasteiger partial charge is 0.268 e. The monoisotopic (exact) mass is 616 g/mol. The molecule has 0 radical (unpaired) electrons. The van der Waals surface area contributed by atoms with Crippen molar-refractivity contribution < 1.29 is 39.6 Å². The highest BCUT2D eigenvalue weighted by atomic mass is 16.6. The Kier molecular flexibility index (Phi) is 7.45. The first-order valence-electron chi connectivity index (χ1n) is 14.8. The standard InChI is InChI=1S/C33H36N4O8/c1-33(44)25-20(27(37(3)4)30(41)26(33)32(43)34-2)14-16-13-19-18(9-10-21(38)24(19)28(39)23(16)29(25)40)15-5-7-17(8-6-15)36-31(42)22-11-12-35-45-22/h5-10,12,16,20,22,25,27,38,40-41,44H,11,13-14H2,1-4H3,(H,34,43)(H,36,42). The van der Waals surface area contributed by atoms with Crippen molar-refractivity contribution in [3.8, 4) is 16.9 Å². The van der Waals surface area contributed by atoms with Gasteiger partial charge >= 0.3 is 0 Å². The van der Waals surface area contributed by atoms with Gasteiger partial charge in [0.05, 0.1) is 23.1 Å². The van der Waals surface area contributed by atoms with Gasteiger partial charge in [0.15, 0.2) is 5.78 Å². The second-order valence-corrected chi connectivity index (χ2v) is 12.5. The number of allylic oxidation sites excluding steroid dienone is 1. The zero-order chi connectivity index (χ0) is 32.4. The minimum absolute atomic E-state index is 0.0732. The lowest BCUT2D eigenvalue weighted by molar-refractivity contribution is -0.126. The van der Waals surface area contributed by atoms with Gasteiger partial charge in [-0.2, -0.15) is 0 Å². The van der Waals surface area contributed by atoms with Crippen molar-refractivity contribution in [2.24, 2.45) is 22.9 Å². The number of hydrogen-bond donors (Lipinski definition) is 6. The van der Waals surface area contributed by atoms with Crippen LogP contribution in [0, 0.1) is 17.8 Å². The van der Waals surface area contributed by atoms with E-state index in [1.54, 1.807) is 37.2 Å². The number of benzene rings is 2. The van der Waals surface area contributed by atoms with Gasteiger partial charge in [-0.15, -0.1) is 0 Å². The summed E-state index contributed by atoms with van der Waals surface area (Å²) in [5, 5.41) is 54.6. The van der Waals surface area contributed by atoms with Gasteiger partial charge in [0, 0.05) is 30.9 Å². The fourth-order valence-corrected chi connectivity index (χ4v) is 7.67. The summed E-state index contributed by atoms with van der Waals surface area (Å²) in [4.78, 5) is 46.2. The molecule has 0 fully saturated rings. The number of phenols is 1. The molecule has 3 aliphatic carbocycles. The number of aliphatic hydroxyl groups is 3. The Hall–Kier alpha value is -4.68. The first-order chi connectivity index (χ1) is 21.4. The SMILES string of the molecule is CNC(=O)C1=C(O)C(N(C)C)C2CC3Cc4c(-c5ccc(NC(=O)C6CC=NO6)cc5)ccc(O)c4C(=O)C3=C(O)C2C1(C)O. The van der Waals surface area contributed by atoms with Gasteiger partial charge in [-0.25, -0.2) is 0 Å². The van der Waals surface area contributed by atoms with E-state index in [9.17, 15) is 34.8 Å². The van der Waals surface area contributed by atoms with E-state index < -0.39 is 47.2 Å². The number of hydrogen-bond acceptors (Lipinski definition) is 10. The summed E-state index contributed by atoms with van der Waals surface area (Å²) in [7, 11) is 4.87. The molecule has 4 aliphatic rings. The number of Topliss-reactive ketones (excluding diaryl/α,β-unsaturated/α-hetero) is 1. The molecule has 6 unspecified atom stereocenters. The van der Waals surface area contributed by atoms with Crippen LogP contribution in [-0.2, 0) is 20.8 Å². The molecule has 0 saturated heterocycles. The number of rotatable bonds is 5. The lowest BCUT2D eigenvalue weighted by Gasteiger charge is -2.52. The minimum Gasteiger partial charge on any atom is -0.511 e. The lowest BCUT2D eigenvalue weighted by atomic mass is 9.56. The molecule has 45 heavy (non-hydrogen) atoms. The van der Waals surface area contributed by atoms with Gasteiger partial charge in [0.2, 0.25) is 6.10 Å². The minimum atomic E-state index is -1.98. The maximum atomic E-state index is 14.1. The summed E-state index contributed by atoms with van der Waals surface area (Å²) in [6, 6.07) is 9.55. The second kappa shape index (κ2) is 11.0. The number of ketones is 1. The molecule has 2 aromatic rings. The molecular weight excluding hydrogens is 580 g/mol. The number of amides is 2. The van der Waals surface area contributed by atoms with Gasteiger partial charge < -0.3 is 35.9 Å². The van der Waals surface area contributed by atoms with E-state index in [0.717, 1.165) is 5.56 Å². The van der Waals surface area contributed by atoms with Crippen LogP contribution >= 0.6 is 0 Å². The molecule has 0 saturated carbocycles. The number of carbonyl (C=O) groups excluding carboxylic acids is 3. The normalized spacial score (nSPS) is 28.8. The Bertz CT molecular complexity index is 1680. The van der Waals surface area contributed by atoms with Crippen molar-refractivity contribution in [1.29, 1.82) is 0 Å². The number of nitrogens with one attached hydrogen (secondary N) is 2. The molecule has 1 aliphatic heterocycles. The summed E-state index contributed by atoms with van der Waals surface area (Å²) in [5.41, 5.74) is 0.571. The Labute approximate surface area is 259 Å². The summed E-state index contributed by atoms with van der Waals surface area (Å²) >= 11 is 0. The number of fused-ring (bicyclic) bond motifs is 3. The number of oxime groups is 1. The van der Waals surface area contributed by atoms with E-state index in [0.29, 0.717) is 36.1 Å². The van der Waals surface area contributed by atoms with Gasteiger partial charge in [0.25, 0.3) is 11.8 Å². The molecule has 6 N–H and O–H groups in total. The molecule has 236 valence electrons. The topological polar surface area (TPSA) is 181 Å². The van der Waals surface area contributed by atoms with Crippen molar-refractivity contribution >= 4 is 29.5 Å². The number of likely N-dealkylation sites (N-methyl/N-ethyl adjacent to an activating group) is 2. The average Bonchev–Trinajstić information content (AvgIpc) is 3.52. The summed E-state index contributed by atoms with van der Waals surface area (Å²) in [5.74, 6) is -4.46. The zero-order valence-corrected chi connectivity index (χ0v) is 25.4. The Morgan fingerprint density at radius 1 is 1.07 bits per heavy atom. The summed E-state index contributed by atoms with van der Waals surface area (Å²) in [6.45, 7) is 1.37. The number of nitrogens with zero attached hydrogens (tertiary/aromatic N) is 2. The molecule has 2 aromatic carbocycles. The van der Waals surface area contributed by atoms with Crippen molar-refractivity contribution in [2.75, 3.05) is 26.5 Å². The van der Waals surface area contributed by atoms with Gasteiger partial charge in [-0.1, -0.05) is 23.4 Å². The molecule has 12 heteroatoms. The van der Waals surface area contributed by atoms with Crippen molar-refractivity contribution in [2.45, 2.75) is 43.9 Å². The maximum absolute atomic E-state index is 14.1. The van der Waals surface area contributed by atoms with Crippen molar-refractivity contribution in [3.63, 3.8) is 0 Å². The fourth-order valence-electron chi connectivity index (χ4n) is 7.67. The predicted molar refractivity (Wildman–Crippen MR) is 165 cm³/mol. The molecular formula is C33H36N4O8. The molecule has 6 atom stereocenters. The quantitative estimate of drug-likeness (QED) is 0.294. The first-order valence-corrected chi connectivity index (χ1v) is 14.8. The highest BCUT2D eigenvalue weighted by Gasteiger charge is 2.59. The largest absolute Gasteiger partial charge is 0.511 e. The number of phenolic OH excluding ortho intramolecular Hbond substituents is 1. The predicted octanol–water partition coefficient (Wildman–Crippen LogP) is 2.83. The Balaban J connectivity index is 1.39. The number of anilines is 1. The van der Waals surface area contributed by atoms with Crippen LogP contribution < -0.4 is 10.6 Å². The third-order valence-corrected chi connectivity index (χ3v) is 9.58. The molecule has 12 nitrogen and oxygen atoms in total. The van der Waals surface area contributed by atoms with Gasteiger partial charge in [0.1, 0.15) is 22.9 Å². The molecule has 6 rings (SSSR count). The third-order valence-electron chi connectivity index (χ3n) is 9.58. The van der Waals surface area contributed by atoms with Crippen LogP contribution in [0.4, 0.5) is 5.69 Å². The highest BCUT2D eigenvalue weighted by molar-refractivity contribution is 6.14. The zero-order valence-electron chi connectivity index (χ0n) is 25.4.